The number of benzene rings is 2. The molecule has 160 valence electrons. The van der Waals surface area contributed by atoms with Gasteiger partial charge < -0.3 is 9.73 Å². The number of carbonyl (C=O) groups is 1. The fourth-order valence-corrected chi connectivity index (χ4v) is 4.69. The van der Waals surface area contributed by atoms with E-state index in [1.807, 2.05) is 12.1 Å². The maximum Gasteiger partial charge on any atom is 0.230 e. The maximum absolute atomic E-state index is 13.6. The molecule has 0 bridgehead atoms. The van der Waals surface area contributed by atoms with Gasteiger partial charge in [-0.1, -0.05) is 23.7 Å². The fourth-order valence-electron chi connectivity index (χ4n) is 3.34. The lowest BCUT2D eigenvalue weighted by Crippen LogP contribution is -2.36. The first-order valence-electron chi connectivity index (χ1n) is 9.81. The third-order valence-corrected chi connectivity index (χ3v) is 6.41. The molecule has 5 rings (SSSR count). The van der Waals surface area contributed by atoms with Crippen LogP contribution in [0.25, 0.3) is 21.3 Å². The van der Waals surface area contributed by atoms with E-state index < -0.39 is 5.54 Å². The second-order valence-electron chi connectivity index (χ2n) is 7.61. The molecule has 1 saturated carbocycles. The van der Waals surface area contributed by atoms with Crippen molar-refractivity contribution in [3.05, 3.63) is 64.0 Å². The van der Waals surface area contributed by atoms with Crippen LogP contribution in [-0.4, -0.2) is 26.6 Å². The molecular formula is C22H15ClFN5O2S. The van der Waals surface area contributed by atoms with Gasteiger partial charge in [-0.3, -0.25) is 4.79 Å². The van der Waals surface area contributed by atoms with Gasteiger partial charge in [0.05, 0.1) is 22.2 Å². The Balaban J connectivity index is 1.32. The van der Waals surface area contributed by atoms with E-state index >= 15 is 0 Å². The highest BCUT2D eigenvalue weighted by molar-refractivity contribution is 7.18. The van der Waals surface area contributed by atoms with Crippen molar-refractivity contribution in [3.8, 4) is 17.2 Å². The molecule has 1 aliphatic rings. The Hall–Kier alpha value is -3.35. The largest absolute Gasteiger partial charge is 0.424 e. The van der Waals surface area contributed by atoms with E-state index in [0.29, 0.717) is 35.7 Å². The van der Waals surface area contributed by atoms with E-state index in [1.165, 1.54) is 23.5 Å². The van der Waals surface area contributed by atoms with Crippen molar-refractivity contribution in [1.29, 1.82) is 5.26 Å². The summed E-state index contributed by atoms with van der Waals surface area (Å²) >= 11 is 7.86. The molecule has 32 heavy (non-hydrogen) atoms. The highest BCUT2D eigenvalue weighted by Gasteiger charge is 2.44. The number of hydrogen-bond donors (Lipinski definition) is 1. The van der Waals surface area contributed by atoms with Crippen LogP contribution >= 0.6 is 22.9 Å². The van der Waals surface area contributed by atoms with Crippen LogP contribution in [0.2, 0.25) is 5.02 Å². The van der Waals surface area contributed by atoms with E-state index in [2.05, 4.69) is 26.6 Å². The summed E-state index contributed by atoms with van der Waals surface area (Å²) in [6.07, 6.45) is 1.53. The SMILES string of the molecule is N#CC1(NC(=O)Cc2nnc(Cc3nc4c(Cl)cc(-c5cccc(F)c5)cc4s3)o2)CC1. The number of thiazole rings is 1. The van der Waals surface area contributed by atoms with Gasteiger partial charge in [0.15, 0.2) is 0 Å². The lowest BCUT2D eigenvalue weighted by molar-refractivity contribution is -0.121. The summed E-state index contributed by atoms with van der Waals surface area (Å²) in [7, 11) is 0. The number of hydrogen-bond acceptors (Lipinski definition) is 7. The predicted octanol–water partition coefficient (Wildman–Crippen LogP) is 4.44. The number of aromatic nitrogens is 3. The van der Waals surface area contributed by atoms with E-state index in [0.717, 1.165) is 20.8 Å². The molecule has 1 aliphatic carbocycles. The molecule has 4 aromatic rings. The summed E-state index contributed by atoms with van der Waals surface area (Å²) in [5.41, 5.74) is 1.45. The maximum atomic E-state index is 13.6. The molecule has 10 heteroatoms. The van der Waals surface area contributed by atoms with Crippen LogP contribution in [0, 0.1) is 17.1 Å². The number of nitriles is 1. The predicted molar refractivity (Wildman–Crippen MR) is 117 cm³/mol. The number of fused-ring (bicyclic) bond motifs is 1. The van der Waals surface area contributed by atoms with E-state index in [4.69, 9.17) is 21.3 Å². The van der Waals surface area contributed by atoms with E-state index in [1.54, 1.807) is 12.1 Å². The first-order valence-corrected chi connectivity index (χ1v) is 11.0. The zero-order valence-corrected chi connectivity index (χ0v) is 18.1. The highest BCUT2D eigenvalue weighted by Crippen LogP contribution is 2.35. The van der Waals surface area contributed by atoms with Crippen molar-refractivity contribution >= 4 is 39.1 Å². The van der Waals surface area contributed by atoms with Crippen LogP contribution in [0.3, 0.4) is 0 Å². The number of rotatable bonds is 6. The first kappa shape index (κ1) is 20.5. The molecule has 2 aromatic heterocycles. The molecule has 2 heterocycles. The highest BCUT2D eigenvalue weighted by atomic mass is 35.5. The second-order valence-corrected chi connectivity index (χ2v) is 9.13. The molecular weight excluding hydrogens is 453 g/mol. The molecule has 0 atom stereocenters. The topological polar surface area (TPSA) is 105 Å². The van der Waals surface area contributed by atoms with Crippen LogP contribution < -0.4 is 5.32 Å². The van der Waals surface area contributed by atoms with Crippen LogP contribution in [0.15, 0.2) is 40.8 Å². The third kappa shape index (κ3) is 4.20. The van der Waals surface area contributed by atoms with Gasteiger partial charge in [0, 0.05) is 0 Å². The number of nitrogens with zero attached hydrogens (tertiary/aromatic N) is 4. The van der Waals surface area contributed by atoms with Gasteiger partial charge in [-0.15, -0.1) is 21.5 Å². The molecule has 2 aromatic carbocycles. The van der Waals surface area contributed by atoms with Crippen molar-refractivity contribution < 1.29 is 13.6 Å². The summed E-state index contributed by atoms with van der Waals surface area (Å²) < 4.78 is 20.0. The molecule has 1 fully saturated rings. The minimum atomic E-state index is -0.732. The average Bonchev–Trinajstić information content (AvgIpc) is 3.19. The minimum absolute atomic E-state index is 0.0842. The molecule has 1 N–H and O–H groups in total. The van der Waals surface area contributed by atoms with E-state index in [9.17, 15) is 9.18 Å². The monoisotopic (exact) mass is 467 g/mol. The van der Waals surface area contributed by atoms with Crippen LogP contribution in [0.5, 0.6) is 0 Å². The van der Waals surface area contributed by atoms with Crippen molar-refractivity contribution in [2.24, 2.45) is 0 Å². The zero-order chi connectivity index (χ0) is 22.3. The third-order valence-electron chi connectivity index (χ3n) is 5.12. The van der Waals surface area contributed by atoms with Crippen LogP contribution in [-0.2, 0) is 17.6 Å². The summed E-state index contributed by atoms with van der Waals surface area (Å²) in [6, 6.07) is 12.1. The lowest BCUT2D eigenvalue weighted by Gasteiger charge is -2.06. The molecule has 0 aliphatic heterocycles. The lowest BCUT2D eigenvalue weighted by atomic mass is 10.1. The molecule has 0 unspecified atom stereocenters. The van der Waals surface area contributed by atoms with Gasteiger partial charge in [0.25, 0.3) is 0 Å². The van der Waals surface area contributed by atoms with Crippen molar-refractivity contribution in [2.45, 2.75) is 31.2 Å². The van der Waals surface area contributed by atoms with Crippen molar-refractivity contribution in [3.63, 3.8) is 0 Å². The van der Waals surface area contributed by atoms with Gasteiger partial charge in [-0.25, -0.2) is 9.37 Å². The molecule has 0 spiro atoms. The van der Waals surface area contributed by atoms with Gasteiger partial charge >= 0.3 is 0 Å². The Labute approximate surface area is 190 Å². The Morgan fingerprint density at radius 1 is 1.25 bits per heavy atom. The Morgan fingerprint density at radius 2 is 2.06 bits per heavy atom. The number of nitrogens with one attached hydrogen (secondary N) is 1. The van der Waals surface area contributed by atoms with Gasteiger partial charge in [0.2, 0.25) is 17.7 Å². The summed E-state index contributed by atoms with van der Waals surface area (Å²) in [5.74, 6) is -0.131. The Kier molecular flexibility index (Phi) is 5.12. The molecule has 0 saturated heterocycles. The summed E-state index contributed by atoms with van der Waals surface area (Å²) in [4.78, 5) is 16.6. The van der Waals surface area contributed by atoms with Crippen LogP contribution in [0.1, 0.15) is 29.6 Å². The van der Waals surface area contributed by atoms with Gasteiger partial charge in [-0.05, 0) is 48.2 Å². The minimum Gasteiger partial charge on any atom is -0.424 e. The number of amides is 1. The van der Waals surface area contributed by atoms with Crippen molar-refractivity contribution in [2.75, 3.05) is 0 Å². The average molecular weight is 468 g/mol. The normalized spacial score (nSPS) is 14.3. The van der Waals surface area contributed by atoms with E-state index in [-0.39, 0.29) is 24.0 Å². The van der Waals surface area contributed by atoms with Crippen molar-refractivity contribution in [1.82, 2.24) is 20.5 Å². The summed E-state index contributed by atoms with van der Waals surface area (Å²) in [5, 5.41) is 20.9. The first-order chi connectivity index (χ1) is 15.4. The molecule has 0 radical (unpaired) electrons. The quantitative estimate of drug-likeness (QED) is 0.449. The van der Waals surface area contributed by atoms with Gasteiger partial charge in [0.1, 0.15) is 28.3 Å². The zero-order valence-electron chi connectivity index (χ0n) is 16.6. The Bertz CT molecular complexity index is 1390. The number of carbonyl (C=O) groups excluding carboxylic acids is 1. The summed E-state index contributed by atoms with van der Waals surface area (Å²) in [6.45, 7) is 0. The fraction of sp³-hybridized carbons (Fsp3) is 0.227. The molecule has 7 nitrogen and oxygen atoms in total. The second kappa shape index (κ2) is 7.97. The Morgan fingerprint density at radius 3 is 2.81 bits per heavy atom. The standard InChI is InChI=1S/C22H15ClFN5O2S/c23-15-7-13(12-2-1-3-14(24)6-12)8-16-21(15)26-20(32-16)10-19-29-28-18(31-19)9-17(30)27-22(11-25)4-5-22/h1-3,6-8H,4-5,9-10H2,(H,27,30). The van der Waals surface area contributed by atoms with Crippen LogP contribution in [0.4, 0.5) is 4.39 Å². The molecule has 1 amide bonds. The number of halogens is 2. The van der Waals surface area contributed by atoms with Gasteiger partial charge in [-0.2, -0.15) is 5.26 Å². The smallest absolute Gasteiger partial charge is 0.230 e.